The maximum absolute atomic E-state index is 12.2. The molecule has 21 heavy (non-hydrogen) atoms. The molecule has 0 spiro atoms. The lowest BCUT2D eigenvalue weighted by molar-refractivity contribution is -0.163. The van der Waals surface area contributed by atoms with Crippen LogP contribution in [0.5, 0.6) is 0 Å². The van der Waals surface area contributed by atoms with E-state index in [2.05, 4.69) is 20.8 Å². The van der Waals surface area contributed by atoms with Crippen LogP contribution in [0.15, 0.2) is 0 Å². The smallest absolute Gasteiger partial charge is 0.309 e. The van der Waals surface area contributed by atoms with Gasteiger partial charge < -0.3 is 9.47 Å². The van der Waals surface area contributed by atoms with Crippen molar-refractivity contribution < 1.29 is 19.1 Å². The molecule has 0 bridgehead atoms. The highest BCUT2D eigenvalue weighted by atomic mass is 16.5. The summed E-state index contributed by atoms with van der Waals surface area (Å²) in [6.07, 6.45) is 6.19. The van der Waals surface area contributed by atoms with E-state index in [0.717, 1.165) is 44.9 Å². The van der Waals surface area contributed by atoms with Gasteiger partial charge in [-0.1, -0.05) is 33.6 Å². The van der Waals surface area contributed by atoms with Crippen molar-refractivity contribution in [2.75, 3.05) is 13.2 Å². The molecule has 1 aliphatic carbocycles. The number of rotatable bonds is 8. The molecule has 0 aromatic heterocycles. The first-order valence-corrected chi connectivity index (χ1v) is 8.43. The van der Waals surface area contributed by atoms with Crippen molar-refractivity contribution in [3.8, 4) is 0 Å². The third-order valence-electron chi connectivity index (χ3n) is 4.20. The van der Waals surface area contributed by atoms with Gasteiger partial charge in [-0.2, -0.15) is 0 Å². The molecule has 0 aromatic carbocycles. The number of hydrogen-bond acceptors (Lipinski definition) is 4. The minimum Gasteiger partial charge on any atom is -0.465 e. The highest BCUT2D eigenvalue weighted by Gasteiger charge is 2.39. The van der Waals surface area contributed by atoms with E-state index in [-0.39, 0.29) is 23.8 Å². The van der Waals surface area contributed by atoms with Gasteiger partial charge >= 0.3 is 11.9 Å². The van der Waals surface area contributed by atoms with E-state index in [1.807, 2.05) is 0 Å². The summed E-state index contributed by atoms with van der Waals surface area (Å²) in [4.78, 5) is 24.4. The SMILES string of the molecule is CCCCOC(=O)C1CCC(C)CC1C(=O)OCCCC. The van der Waals surface area contributed by atoms with Crippen LogP contribution in [0.3, 0.4) is 0 Å². The number of esters is 2. The molecular formula is C17H30O4. The average molecular weight is 298 g/mol. The standard InChI is InChI=1S/C17H30O4/c1-4-6-10-20-16(18)14-9-8-13(3)12-15(14)17(19)21-11-7-5-2/h13-15H,4-12H2,1-3H3. The van der Waals surface area contributed by atoms with Crippen LogP contribution >= 0.6 is 0 Å². The van der Waals surface area contributed by atoms with Gasteiger partial charge in [0.15, 0.2) is 0 Å². The van der Waals surface area contributed by atoms with Crippen LogP contribution < -0.4 is 0 Å². The van der Waals surface area contributed by atoms with Crippen LogP contribution in [0.1, 0.15) is 65.7 Å². The quantitative estimate of drug-likeness (QED) is 0.506. The molecule has 1 saturated carbocycles. The van der Waals surface area contributed by atoms with Crippen LogP contribution in [0, 0.1) is 17.8 Å². The highest BCUT2D eigenvalue weighted by molar-refractivity contribution is 5.82. The zero-order valence-electron chi connectivity index (χ0n) is 13.7. The summed E-state index contributed by atoms with van der Waals surface area (Å²) in [6.45, 7) is 7.16. The second-order valence-corrected chi connectivity index (χ2v) is 6.17. The third-order valence-corrected chi connectivity index (χ3v) is 4.20. The molecule has 0 heterocycles. The summed E-state index contributed by atoms with van der Waals surface area (Å²) in [5.41, 5.74) is 0. The van der Waals surface area contributed by atoms with Gasteiger partial charge in [0.25, 0.3) is 0 Å². The Hall–Kier alpha value is -1.06. The van der Waals surface area contributed by atoms with Crippen molar-refractivity contribution in [2.45, 2.75) is 65.7 Å². The fourth-order valence-electron chi connectivity index (χ4n) is 2.77. The highest BCUT2D eigenvalue weighted by Crippen LogP contribution is 2.35. The Morgan fingerprint density at radius 1 is 0.905 bits per heavy atom. The Labute approximate surface area is 128 Å². The summed E-state index contributed by atoms with van der Waals surface area (Å²) in [6, 6.07) is 0. The molecule has 0 N–H and O–H groups in total. The lowest BCUT2D eigenvalue weighted by atomic mass is 9.74. The van der Waals surface area contributed by atoms with Crippen molar-refractivity contribution >= 4 is 11.9 Å². The first-order valence-electron chi connectivity index (χ1n) is 8.43. The van der Waals surface area contributed by atoms with Gasteiger partial charge in [-0.25, -0.2) is 0 Å². The molecule has 0 radical (unpaired) electrons. The third kappa shape index (κ3) is 6.06. The zero-order chi connectivity index (χ0) is 15.7. The molecule has 0 saturated heterocycles. The zero-order valence-corrected chi connectivity index (χ0v) is 13.7. The fourth-order valence-corrected chi connectivity index (χ4v) is 2.77. The van der Waals surface area contributed by atoms with Gasteiger partial charge in [-0.05, 0) is 38.0 Å². The molecule has 0 amide bonds. The van der Waals surface area contributed by atoms with Gasteiger partial charge in [0.05, 0.1) is 25.0 Å². The monoisotopic (exact) mass is 298 g/mol. The predicted molar refractivity (Wildman–Crippen MR) is 81.7 cm³/mol. The molecule has 122 valence electrons. The summed E-state index contributed by atoms with van der Waals surface area (Å²) < 4.78 is 10.6. The maximum Gasteiger partial charge on any atom is 0.309 e. The maximum atomic E-state index is 12.2. The number of hydrogen-bond donors (Lipinski definition) is 0. The number of ether oxygens (including phenoxy) is 2. The van der Waals surface area contributed by atoms with E-state index in [9.17, 15) is 9.59 Å². The average Bonchev–Trinajstić information content (AvgIpc) is 2.47. The van der Waals surface area contributed by atoms with Crippen LogP contribution in [-0.2, 0) is 19.1 Å². The van der Waals surface area contributed by atoms with Gasteiger partial charge in [0, 0.05) is 0 Å². The molecule has 0 aromatic rings. The Morgan fingerprint density at radius 3 is 1.95 bits per heavy atom. The van der Waals surface area contributed by atoms with E-state index >= 15 is 0 Å². The van der Waals surface area contributed by atoms with Crippen LogP contribution in [-0.4, -0.2) is 25.2 Å². The number of unbranched alkanes of at least 4 members (excludes halogenated alkanes) is 2. The van der Waals surface area contributed by atoms with Gasteiger partial charge in [-0.3, -0.25) is 9.59 Å². The summed E-state index contributed by atoms with van der Waals surface area (Å²) in [5.74, 6) is -0.597. The topological polar surface area (TPSA) is 52.6 Å². The molecule has 1 fully saturated rings. The molecule has 3 atom stereocenters. The molecule has 4 heteroatoms. The van der Waals surface area contributed by atoms with Crippen molar-refractivity contribution in [3.63, 3.8) is 0 Å². The lowest BCUT2D eigenvalue weighted by Crippen LogP contribution is -2.37. The molecular weight excluding hydrogens is 268 g/mol. The first kappa shape index (κ1) is 18.0. The van der Waals surface area contributed by atoms with E-state index < -0.39 is 0 Å². The van der Waals surface area contributed by atoms with Crippen LogP contribution in [0.4, 0.5) is 0 Å². The Morgan fingerprint density at radius 2 is 1.43 bits per heavy atom. The number of carbonyl (C=O) groups is 2. The van der Waals surface area contributed by atoms with Crippen LogP contribution in [0.2, 0.25) is 0 Å². The first-order chi connectivity index (χ1) is 10.1. The van der Waals surface area contributed by atoms with Gasteiger partial charge in [-0.15, -0.1) is 0 Å². The molecule has 0 aliphatic heterocycles. The molecule has 4 nitrogen and oxygen atoms in total. The van der Waals surface area contributed by atoms with Gasteiger partial charge in [0.2, 0.25) is 0 Å². The van der Waals surface area contributed by atoms with Crippen molar-refractivity contribution in [1.82, 2.24) is 0 Å². The fraction of sp³-hybridized carbons (Fsp3) is 0.882. The Balaban J connectivity index is 2.56. The van der Waals surface area contributed by atoms with Crippen molar-refractivity contribution in [2.24, 2.45) is 17.8 Å². The van der Waals surface area contributed by atoms with Crippen LogP contribution in [0.25, 0.3) is 0 Å². The largest absolute Gasteiger partial charge is 0.465 e. The van der Waals surface area contributed by atoms with E-state index in [0.29, 0.717) is 19.1 Å². The molecule has 1 aliphatic rings. The van der Waals surface area contributed by atoms with E-state index in [4.69, 9.17) is 9.47 Å². The predicted octanol–water partition coefficient (Wildman–Crippen LogP) is 3.73. The normalized spacial score (nSPS) is 25.4. The summed E-state index contributed by atoms with van der Waals surface area (Å²) >= 11 is 0. The summed E-state index contributed by atoms with van der Waals surface area (Å²) in [7, 11) is 0. The minimum absolute atomic E-state index is 0.215. The summed E-state index contributed by atoms with van der Waals surface area (Å²) in [5, 5.41) is 0. The lowest BCUT2D eigenvalue weighted by Gasteiger charge is -2.31. The Bertz CT molecular complexity index is 327. The number of carbonyl (C=O) groups excluding carboxylic acids is 2. The van der Waals surface area contributed by atoms with Crippen molar-refractivity contribution in [1.29, 1.82) is 0 Å². The molecule has 3 unspecified atom stereocenters. The van der Waals surface area contributed by atoms with Crippen molar-refractivity contribution in [3.05, 3.63) is 0 Å². The second kappa shape index (κ2) is 9.80. The second-order valence-electron chi connectivity index (χ2n) is 6.17. The van der Waals surface area contributed by atoms with E-state index in [1.165, 1.54) is 0 Å². The minimum atomic E-state index is -0.320. The van der Waals surface area contributed by atoms with Gasteiger partial charge in [0.1, 0.15) is 0 Å². The molecule has 1 rings (SSSR count). The Kier molecular flexibility index (Phi) is 8.40. The van der Waals surface area contributed by atoms with E-state index in [1.54, 1.807) is 0 Å².